The Labute approximate surface area is 152 Å². The fourth-order valence-electron chi connectivity index (χ4n) is 2.73. The average molecular weight is 348 g/mol. The monoisotopic (exact) mass is 347 g/mol. The first-order valence-corrected chi connectivity index (χ1v) is 8.87. The SMILES string of the molecule is C=CC(=O)Nc1cc(C)c(OC)cc1N(CC)CCCC(C)N(C)C. The number of carbonyl (C=O) groups excluding carboxylic acids is 1. The van der Waals surface area contributed by atoms with Crippen LogP contribution >= 0.6 is 0 Å². The first-order chi connectivity index (χ1) is 11.8. The van der Waals surface area contributed by atoms with Gasteiger partial charge < -0.3 is 19.9 Å². The van der Waals surface area contributed by atoms with Gasteiger partial charge in [-0.15, -0.1) is 0 Å². The van der Waals surface area contributed by atoms with Gasteiger partial charge in [-0.3, -0.25) is 4.79 Å². The first-order valence-electron chi connectivity index (χ1n) is 8.87. The lowest BCUT2D eigenvalue weighted by Crippen LogP contribution is -2.29. The Kier molecular flexibility index (Phi) is 8.49. The molecule has 0 spiro atoms. The predicted molar refractivity (Wildman–Crippen MR) is 107 cm³/mol. The molecular weight excluding hydrogens is 314 g/mol. The maximum Gasteiger partial charge on any atom is 0.247 e. The Morgan fingerprint density at radius 1 is 1.40 bits per heavy atom. The van der Waals surface area contributed by atoms with Crippen molar-refractivity contribution in [3.05, 3.63) is 30.4 Å². The van der Waals surface area contributed by atoms with Gasteiger partial charge in [-0.25, -0.2) is 0 Å². The Morgan fingerprint density at radius 2 is 2.08 bits per heavy atom. The van der Waals surface area contributed by atoms with Crippen LogP contribution in [-0.2, 0) is 4.79 Å². The van der Waals surface area contributed by atoms with Gasteiger partial charge in [0.25, 0.3) is 0 Å². The van der Waals surface area contributed by atoms with Crippen molar-refractivity contribution in [3.8, 4) is 5.75 Å². The van der Waals surface area contributed by atoms with Crippen LogP contribution in [0.3, 0.4) is 0 Å². The summed E-state index contributed by atoms with van der Waals surface area (Å²) >= 11 is 0. The summed E-state index contributed by atoms with van der Waals surface area (Å²) in [7, 11) is 5.88. The highest BCUT2D eigenvalue weighted by Crippen LogP contribution is 2.34. The molecule has 1 aromatic rings. The van der Waals surface area contributed by atoms with Gasteiger partial charge in [-0.05, 0) is 65.4 Å². The summed E-state index contributed by atoms with van der Waals surface area (Å²) in [6.07, 6.45) is 3.50. The molecule has 5 heteroatoms. The molecule has 1 N–H and O–H groups in total. The smallest absolute Gasteiger partial charge is 0.247 e. The molecule has 1 aromatic carbocycles. The van der Waals surface area contributed by atoms with E-state index < -0.39 is 0 Å². The van der Waals surface area contributed by atoms with E-state index in [0.717, 1.165) is 48.6 Å². The lowest BCUT2D eigenvalue weighted by molar-refractivity contribution is -0.111. The Hall–Kier alpha value is -2.01. The number of nitrogens with zero attached hydrogens (tertiary/aromatic N) is 2. The van der Waals surface area contributed by atoms with Gasteiger partial charge in [0.2, 0.25) is 5.91 Å². The molecule has 0 aromatic heterocycles. The maximum absolute atomic E-state index is 11.8. The van der Waals surface area contributed by atoms with Crippen LogP contribution in [0.5, 0.6) is 5.75 Å². The fraction of sp³-hybridized carbons (Fsp3) is 0.550. The van der Waals surface area contributed by atoms with E-state index in [1.54, 1.807) is 7.11 Å². The van der Waals surface area contributed by atoms with E-state index in [1.807, 2.05) is 19.1 Å². The largest absolute Gasteiger partial charge is 0.496 e. The number of amides is 1. The first kappa shape index (κ1) is 21.0. The second-order valence-corrected chi connectivity index (χ2v) is 6.57. The summed E-state index contributed by atoms with van der Waals surface area (Å²) in [5.74, 6) is 0.620. The Morgan fingerprint density at radius 3 is 2.60 bits per heavy atom. The Bertz CT molecular complexity index is 585. The van der Waals surface area contributed by atoms with Crippen LogP contribution in [0.15, 0.2) is 24.8 Å². The van der Waals surface area contributed by atoms with Crippen molar-refractivity contribution in [2.45, 2.75) is 39.7 Å². The van der Waals surface area contributed by atoms with Crippen LogP contribution in [-0.4, -0.2) is 51.1 Å². The number of methoxy groups -OCH3 is 1. The third kappa shape index (κ3) is 6.09. The number of hydrogen-bond donors (Lipinski definition) is 1. The normalized spacial score (nSPS) is 12.0. The molecule has 0 saturated carbocycles. The molecule has 5 nitrogen and oxygen atoms in total. The molecular formula is C20H33N3O2. The third-order valence-corrected chi connectivity index (χ3v) is 4.61. The zero-order valence-corrected chi connectivity index (χ0v) is 16.6. The minimum atomic E-state index is -0.205. The van der Waals surface area contributed by atoms with Crippen LogP contribution in [0.1, 0.15) is 32.3 Å². The van der Waals surface area contributed by atoms with E-state index in [-0.39, 0.29) is 5.91 Å². The average Bonchev–Trinajstić information content (AvgIpc) is 2.59. The molecule has 0 aliphatic heterocycles. The number of carbonyl (C=O) groups is 1. The summed E-state index contributed by atoms with van der Waals surface area (Å²) < 4.78 is 5.47. The van der Waals surface area contributed by atoms with Crippen molar-refractivity contribution < 1.29 is 9.53 Å². The molecule has 0 heterocycles. The van der Waals surface area contributed by atoms with E-state index in [4.69, 9.17) is 4.74 Å². The highest BCUT2D eigenvalue weighted by Gasteiger charge is 2.15. The molecule has 1 amide bonds. The second kappa shape index (κ2) is 10.1. The quantitative estimate of drug-likeness (QED) is 0.656. The standard InChI is InChI=1S/C20H33N3O2/c1-8-20(24)21-17-13-15(3)19(25-7)14-18(17)23(9-2)12-10-11-16(4)22(5)6/h8,13-14,16H,1,9-12H2,2-7H3,(H,21,24). The molecule has 0 bridgehead atoms. The number of ether oxygens (including phenoxy) is 1. The van der Waals surface area contributed by atoms with Crippen LogP contribution in [0.25, 0.3) is 0 Å². The third-order valence-electron chi connectivity index (χ3n) is 4.61. The van der Waals surface area contributed by atoms with E-state index >= 15 is 0 Å². The van der Waals surface area contributed by atoms with Crippen LogP contribution in [0.2, 0.25) is 0 Å². The minimum Gasteiger partial charge on any atom is -0.496 e. The number of rotatable bonds is 10. The molecule has 140 valence electrons. The molecule has 0 aliphatic rings. The number of anilines is 2. The van der Waals surface area contributed by atoms with E-state index in [0.29, 0.717) is 6.04 Å². The molecule has 25 heavy (non-hydrogen) atoms. The number of aryl methyl sites for hydroxylation is 1. The Balaban J connectivity index is 3.03. The van der Waals surface area contributed by atoms with Gasteiger partial charge in [0, 0.05) is 25.2 Å². The summed E-state index contributed by atoms with van der Waals surface area (Å²) in [6.45, 7) is 11.7. The van der Waals surface area contributed by atoms with Crippen molar-refractivity contribution in [1.29, 1.82) is 0 Å². The predicted octanol–water partition coefficient (Wildman–Crippen LogP) is 3.68. The summed E-state index contributed by atoms with van der Waals surface area (Å²) in [5.41, 5.74) is 2.77. The van der Waals surface area contributed by atoms with E-state index in [9.17, 15) is 4.79 Å². The van der Waals surface area contributed by atoms with Gasteiger partial charge in [-0.1, -0.05) is 6.58 Å². The molecule has 1 unspecified atom stereocenters. The zero-order valence-electron chi connectivity index (χ0n) is 16.6. The van der Waals surface area contributed by atoms with Crippen molar-refractivity contribution in [2.24, 2.45) is 0 Å². The molecule has 1 rings (SSSR count). The van der Waals surface area contributed by atoms with Crippen LogP contribution < -0.4 is 15.0 Å². The lowest BCUT2D eigenvalue weighted by atomic mass is 10.1. The van der Waals surface area contributed by atoms with Gasteiger partial charge >= 0.3 is 0 Å². The highest BCUT2D eigenvalue weighted by atomic mass is 16.5. The van der Waals surface area contributed by atoms with Gasteiger partial charge in [0.15, 0.2) is 0 Å². The zero-order chi connectivity index (χ0) is 19.0. The van der Waals surface area contributed by atoms with Gasteiger partial charge in [0.1, 0.15) is 5.75 Å². The van der Waals surface area contributed by atoms with Crippen molar-refractivity contribution >= 4 is 17.3 Å². The van der Waals surface area contributed by atoms with E-state index in [2.05, 4.69) is 49.6 Å². The van der Waals surface area contributed by atoms with Crippen molar-refractivity contribution in [2.75, 3.05) is 44.5 Å². The summed E-state index contributed by atoms with van der Waals surface area (Å²) in [4.78, 5) is 16.3. The number of hydrogen-bond acceptors (Lipinski definition) is 4. The van der Waals surface area contributed by atoms with E-state index in [1.165, 1.54) is 6.08 Å². The fourth-order valence-corrected chi connectivity index (χ4v) is 2.73. The maximum atomic E-state index is 11.8. The topological polar surface area (TPSA) is 44.8 Å². The number of benzene rings is 1. The van der Waals surface area contributed by atoms with Crippen LogP contribution in [0.4, 0.5) is 11.4 Å². The molecule has 1 atom stereocenters. The van der Waals surface area contributed by atoms with Gasteiger partial charge in [-0.2, -0.15) is 0 Å². The molecule has 0 aliphatic carbocycles. The van der Waals surface area contributed by atoms with Crippen molar-refractivity contribution in [1.82, 2.24) is 4.90 Å². The second-order valence-electron chi connectivity index (χ2n) is 6.57. The van der Waals surface area contributed by atoms with Gasteiger partial charge in [0.05, 0.1) is 18.5 Å². The molecule has 0 fully saturated rings. The van der Waals surface area contributed by atoms with Crippen molar-refractivity contribution in [3.63, 3.8) is 0 Å². The molecule has 0 radical (unpaired) electrons. The highest BCUT2D eigenvalue weighted by molar-refractivity contribution is 6.01. The minimum absolute atomic E-state index is 0.205. The van der Waals surface area contributed by atoms with Crippen LogP contribution in [0, 0.1) is 6.92 Å². The summed E-state index contributed by atoms with van der Waals surface area (Å²) in [5, 5.41) is 2.92. The molecule has 0 saturated heterocycles. The lowest BCUT2D eigenvalue weighted by Gasteiger charge is -2.28. The summed E-state index contributed by atoms with van der Waals surface area (Å²) in [6, 6.07) is 4.51. The number of nitrogens with one attached hydrogen (secondary N) is 1.